The van der Waals surface area contributed by atoms with Crippen molar-refractivity contribution in [1.29, 1.82) is 0 Å². The van der Waals surface area contributed by atoms with Gasteiger partial charge in [-0.2, -0.15) is 5.10 Å². The van der Waals surface area contributed by atoms with Gasteiger partial charge in [-0.05, 0) is 30.4 Å². The third kappa shape index (κ3) is 5.47. The molecule has 5 rings (SSSR count). The number of carbonyl (C=O) groups is 2. The number of ether oxygens (including phenoxy) is 1. The zero-order valence-electron chi connectivity index (χ0n) is 19.8. The van der Waals surface area contributed by atoms with Gasteiger partial charge in [-0.1, -0.05) is 30.7 Å². The van der Waals surface area contributed by atoms with E-state index < -0.39 is 0 Å². The fraction of sp³-hybridized carbons (Fsp3) is 0.500. The summed E-state index contributed by atoms with van der Waals surface area (Å²) >= 11 is 1.55. The summed E-state index contributed by atoms with van der Waals surface area (Å²) in [6, 6.07) is 10.2. The molecule has 186 valence electrons. The topological polar surface area (TPSA) is 65.5 Å². The molecule has 1 saturated heterocycles. The number of hydrogen-bond donors (Lipinski definition) is 0. The van der Waals surface area contributed by atoms with E-state index in [1.165, 1.54) is 11.1 Å². The van der Waals surface area contributed by atoms with E-state index >= 15 is 0 Å². The van der Waals surface area contributed by atoms with Crippen LogP contribution in [0.15, 0.2) is 46.9 Å². The molecule has 3 heterocycles. The van der Waals surface area contributed by atoms with E-state index in [0.717, 1.165) is 37.2 Å². The normalized spacial score (nSPS) is 21.0. The molecule has 1 aromatic carbocycles. The van der Waals surface area contributed by atoms with Gasteiger partial charge in [0.2, 0.25) is 5.91 Å². The van der Waals surface area contributed by atoms with Gasteiger partial charge in [0.25, 0.3) is 5.91 Å². The highest BCUT2D eigenvalue weighted by molar-refractivity contribution is 7.10. The van der Waals surface area contributed by atoms with Crippen molar-refractivity contribution >= 4 is 28.9 Å². The molecule has 9 heteroatoms. The van der Waals surface area contributed by atoms with Crippen molar-refractivity contribution in [3.05, 3.63) is 58.0 Å². The molecule has 1 aliphatic carbocycles. The SMILES string of the molecule is O=C(C1CCC1)N(CCN1CCOCC1)CC(=O)N1N=C(c2ccccc2F)C[C@H]1c1cccs1. The molecular formula is C26H31FN4O3S. The maximum absolute atomic E-state index is 14.5. The van der Waals surface area contributed by atoms with Crippen molar-refractivity contribution < 1.29 is 18.7 Å². The Hall–Kier alpha value is -2.62. The lowest BCUT2D eigenvalue weighted by Gasteiger charge is -2.34. The first kappa shape index (κ1) is 24.1. The van der Waals surface area contributed by atoms with E-state index in [4.69, 9.17) is 4.74 Å². The van der Waals surface area contributed by atoms with Crippen LogP contribution in [0.5, 0.6) is 0 Å². The molecule has 35 heavy (non-hydrogen) atoms. The summed E-state index contributed by atoms with van der Waals surface area (Å²) in [6.07, 6.45) is 3.28. The smallest absolute Gasteiger partial charge is 0.262 e. The van der Waals surface area contributed by atoms with Crippen LogP contribution < -0.4 is 0 Å². The number of carbonyl (C=O) groups excluding carboxylic acids is 2. The van der Waals surface area contributed by atoms with Crippen LogP contribution in [-0.2, 0) is 14.3 Å². The van der Waals surface area contributed by atoms with Crippen LogP contribution in [0.3, 0.4) is 0 Å². The van der Waals surface area contributed by atoms with Gasteiger partial charge in [-0.25, -0.2) is 9.40 Å². The summed E-state index contributed by atoms with van der Waals surface area (Å²) in [5.74, 6) is -0.512. The number of amides is 2. The van der Waals surface area contributed by atoms with Crippen molar-refractivity contribution in [2.24, 2.45) is 11.0 Å². The molecular weight excluding hydrogens is 467 g/mol. The highest BCUT2D eigenvalue weighted by atomic mass is 32.1. The van der Waals surface area contributed by atoms with Crippen LogP contribution in [0.4, 0.5) is 4.39 Å². The Kier molecular flexibility index (Phi) is 7.55. The largest absolute Gasteiger partial charge is 0.379 e. The molecule has 1 saturated carbocycles. The molecule has 1 atom stereocenters. The van der Waals surface area contributed by atoms with Crippen molar-refractivity contribution in [2.45, 2.75) is 31.7 Å². The maximum Gasteiger partial charge on any atom is 0.262 e. The summed E-state index contributed by atoms with van der Waals surface area (Å²) in [5.41, 5.74) is 0.971. The van der Waals surface area contributed by atoms with Crippen LogP contribution in [0.25, 0.3) is 0 Å². The van der Waals surface area contributed by atoms with Crippen LogP contribution in [0.2, 0.25) is 0 Å². The molecule has 0 spiro atoms. The van der Waals surface area contributed by atoms with Crippen LogP contribution >= 0.6 is 11.3 Å². The Morgan fingerprint density at radius 1 is 1.14 bits per heavy atom. The number of halogens is 1. The molecule has 0 unspecified atom stereocenters. The Morgan fingerprint density at radius 2 is 1.94 bits per heavy atom. The third-order valence-corrected chi connectivity index (χ3v) is 8.08. The van der Waals surface area contributed by atoms with Gasteiger partial charge in [0.15, 0.2) is 0 Å². The number of benzene rings is 1. The summed E-state index contributed by atoms with van der Waals surface area (Å²) < 4.78 is 19.9. The second kappa shape index (κ2) is 11.0. The lowest BCUT2D eigenvalue weighted by Crippen LogP contribution is -2.49. The first-order valence-corrected chi connectivity index (χ1v) is 13.2. The lowest BCUT2D eigenvalue weighted by atomic mass is 9.84. The second-order valence-corrected chi connectivity index (χ2v) is 10.3. The quantitative estimate of drug-likeness (QED) is 0.559. The van der Waals surface area contributed by atoms with E-state index in [1.807, 2.05) is 17.5 Å². The number of morpholine rings is 1. The van der Waals surface area contributed by atoms with Gasteiger partial charge in [-0.3, -0.25) is 14.5 Å². The highest BCUT2D eigenvalue weighted by Crippen LogP contribution is 2.36. The summed E-state index contributed by atoms with van der Waals surface area (Å²) in [6.45, 7) is 4.26. The monoisotopic (exact) mass is 498 g/mol. The van der Waals surface area contributed by atoms with Crippen molar-refractivity contribution in [2.75, 3.05) is 45.9 Å². The van der Waals surface area contributed by atoms with Gasteiger partial charge in [0, 0.05) is 49.0 Å². The lowest BCUT2D eigenvalue weighted by molar-refractivity contribution is -0.145. The zero-order chi connectivity index (χ0) is 24.2. The molecule has 0 bridgehead atoms. The summed E-state index contributed by atoms with van der Waals surface area (Å²) in [4.78, 5) is 31.8. The van der Waals surface area contributed by atoms with Crippen LogP contribution in [0.1, 0.15) is 42.2 Å². The van der Waals surface area contributed by atoms with Crippen molar-refractivity contribution in [3.63, 3.8) is 0 Å². The number of nitrogens with zero attached hydrogens (tertiary/aromatic N) is 4. The predicted molar refractivity (Wildman–Crippen MR) is 133 cm³/mol. The molecule has 3 aliphatic rings. The predicted octanol–water partition coefficient (Wildman–Crippen LogP) is 3.53. The standard InChI is InChI=1S/C26H31FN4O3S/c27-21-8-2-1-7-20(21)22-17-23(24-9-4-16-35-24)31(28-22)25(32)18-30(26(33)19-5-3-6-19)11-10-29-12-14-34-15-13-29/h1-2,4,7-9,16,19,23H,3,5-6,10-15,17-18H2/t23-/m0/s1. The average molecular weight is 499 g/mol. The minimum absolute atomic E-state index is 0.0108. The molecule has 2 aromatic rings. The van der Waals surface area contributed by atoms with Gasteiger partial charge in [0.05, 0.1) is 25.0 Å². The first-order valence-electron chi connectivity index (χ1n) is 12.4. The van der Waals surface area contributed by atoms with Crippen molar-refractivity contribution in [3.8, 4) is 0 Å². The first-order chi connectivity index (χ1) is 17.1. The minimum atomic E-state index is -0.349. The number of rotatable bonds is 8. The van der Waals surface area contributed by atoms with E-state index in [1.54, 1.807) is 34.4 Å². The number of hydrogen-bond acceptors (Lipinski definition) is 6. The van der Waals surface area contributed by atoms with E-state index in [0.29, 0.717) is 44.0 Å². The highest BCUT2D eigenvalue weighted by Gasteiger charge is 2.37. The fourth-order valence-corrected chi connectivity index (χ4v) is 5.62. The van der Waals surface area contributed by atoms with E-state index in [2.05, 4.69) is 10.0 Å². The summed E-state index contributed by atoms with van der Waals surface area (Å²) in [5, 5.41) is 8.04. The van der Waals surface area contributed by atoms with Crippen LogP contribution in [0, 0.1) is 11.7 Å². The molecule has 2 aliphatic heterocycles. The van der Waals surface area contributed by atoms with Gasteiger partial charge in [-0.15, -0.1) is 11.3 Å². The third-order valence-electron chi connectivity index (χ3n) is 7.10. The minimum Gasteiger partial charge on any atom is -0.379 e. The fourth-order valence-electron chi connectivity index (χ4n) is 4.80. The van der Waals surface area contributed by atoms with Gasteiger partial charge < -0.3 is 9.64 Å². The molecule has 7 nitrogen and oxygen atoms in total. The van der Waals surface area contributed by atoms with Gasteiger partial charge in [0.1, 0.15) is 12.4 Å². The number of hydrazone groups is 1. The number of thiophene rings is 1. The van der Waals surface area contributed by atoms with E-state index in [-0.39, 0.29) is 36.1 Å². The molecule has 2 amide bonds. The van der Waals surface area contributed by atoms with Crippen molar-refractivity contribution in [1.82, 2.24) is 14.8 Å². The molecule has 2 fully saturated rings. The molecule has 0 N–H and O–H groups in total. The summed E-state index contributed by atoms with van der Waals surface area (Å²) in [7, 11) is 0. The van der Waals surface area contributed by atoms with Crippen LogP contribution in [-0.4, -0.2) is 78.3 Å². The Labute approximate surface area is 209 Å². The average Bonchev–Trinajstić information content (AvgIpc) is 3.51. The second-order valence-electron chi connectivity index (χ2n) is 9.34. The Bertz CT molecular complexity index is 1070. The zero-order valence-corrected chi connectivity index (χ0v) is 20.6. The Morgan fingerprint density at radius 3 is 2.63 bits per heavy atom. The molecule has 0 radical (unpaired) electrons. The Balaban J connectivity index is 1.35. The molecule has 1 aromatic heterocycles. The van der Waals surface area contributed by atoms with E-state index in [9.17, 15) is 14.0 Å². The van der Waals surface area contributed by atoms with Gasteiger partial charge >= 0.3 is 0 Å². The maximum atomic E-state index is 14.5.